The number of nitrogens with one attached hydrogen (secondary N) is 1. The van der Waals surface area contributed by atoms with Gasteiger partial charge in [0.15, 0.2) is 5.13 Å². The second kappa shape index (κ2) is 9.05. The molecule has 3 rings (SSSR count). The van der Waals surface area contributed by atoms with Crippen molar-refractivity contribution in [2.45, 2.75) is 40.5 Å². The number of aryl methyl sites for hydroxylation is 2. The lowest BCUT2D eigenvalue weighted by atomic mass is 9.96. The van der Waals surface area contributed by atoms with Crippen molar-refractivity contribution in [3.05, 3.63) is 21.9 Å². The number of carbonyl (C=O) groups is 2. The number of hydrogen-bond donors (Lipinski definition) is 1. The molecule has 1 fully saturated rings. The molecule has 0 aliphatic carbocycles. The number of thiazole rings is 1. The largest absolute Gasteiger partial charge is 0.449 e. The Morgan fingerprint density at radius 2 is 1.96 bits per heavy atom. The fourth-order valence-electron chi connectivity index (χ4n) is 3.10. The number of ether oxygens (including phenoxy) is 1. The van der Waals surface area contributed by atoms with E-state index in [1.807, 2.05) is 20.8 Å². The van der Waals surface area contributed by atoms with Gasteiger partial charge in [-0.2, -0.15) is 0 Å². The smallest absolute Gasteiger partial charge is 0.409 e. The van der Waals surface area contributed by atoms with Crippen molar-refractivity contribution in [2.24, 2.45) is 11.8 Å². The van der Waals surface area contributed by atoms with E-state index in [4.69, 9.17) is 4.74 Å². The molecule has 6 nitrogen and oxygen atoms in total. The summed E-state index contributed by atoms with van der Waals surface area (Å²) in [5.41, 5.74) is 0.945. The average molecular weight is 422 g/mol. The summed E-state index contributed by atoms with van der Waals surface area (Å²) in [6, 6.07) is 4.15. The normalized spacial score (nSPS) is 15.1. The summed E-state index contributed by atoms with van der Waals surface area (Å²) in [6.07, 6.45) is 1.01. The van der Waals surface area contributed by atoms with Gasteiger partial charge >= 0.3 is 6.09 Å². The van der Waals surface area contributed by atoms with Gasteiger partial charge in [0, 0.05) is 28.8 Å². The summed E-state index contributed by atoms with van der Waals surface area (Å²) in [5.74, 6) is 0.195. The molecule has 1 N–H and O–H groups in total. The molecule has 1 aliphatic rings. The minimum atomic E-state index is -0.279. The molecule has 0 bridgehead atoms. The van der Waals surface area contributed by atoms with Crippen molar-refractivity contribution in [3.8, 4) is 10.6 Å². The number of amides is 2. The lowest BCUT2D eigenvalue weighted by Gasteiger charge is -2.30. The van der Waals surface area contributed by atoms with Gasteiger partial charge in [0.2, 0.25) is 5.91 Å². The zero-order valence-electron chi connectivity index (χ0n) is 16.8. The fraction of sp³-hybridized carbons (Fsp3) is 0.550. The summed E-state index contributed by atoms with van der Waals surface area (Å²) in [4.78, 5) is 34.5. The monoisotopic (exact) mass is 421 g/mol. The molecule has 2 amide bonds. The topological polar surface area (TPSA) is 71.5 Å². The first-order chi connectivity index (χ1) is 13.3. The molecule has 1 saturated heterocycles. The SMILES string of the molecule is Cc1ccc(-c2nc(NC(=O)C3CCN(C(=O)OCC(C)C)CC3)sc2C)s1. The number of carbonyl (C=O) groups excluding carboxylic acids is 2. The first-order valence-electron chi connectivity index (χ1n) is 9.60. The van der Waals surface area contributed by atoms with Gasteiger partial charge in [0.1, 0.15) is 0 Å². The number of aromatic nitrogens is 1. The van der Waals surface area contributed by atoms with Crippen LogP contribution < -0.4 is 5.32 Å². The van der Waals surface area contributed by atoms with Crippen molar-refractivity contribution >= 4 is 39.8 Å². The van der Waals surface area contributed by atoms with Gasteiger partial charge in [-0.1, -0.05) is 13.8 Å². The van der Waals surface area contributed by atoms with Crippen LogP contribution in [0.25, 0.3) is 10.6 Å². The molecule has 152 valence electrons. The molecule has 8 heteroatoms. The van der Waals surface area contributed by atoms with Gasteiger partial charge in [-0.3, -0.25) is 4.79 Å². The third kappa shape index (κ3) is 5.11. The number of anilines is 1. The first-order valence-corrected chi connectivity index (χ1v) is 11.2. The van der Waals surface area contributed by atoms with E-state index in [1.54, 1.807) is 16.2 Å². The van der Waals surface area contributed by atoms with Crippen LogP contribution in [0.15, 0.2) is 12.1 Å². The van der Waals surface area contributed by atoms with Gasteiger partial charge in [0.25, 0.3) is 0 Å². The van der Waals surface area contributed by atoms with E-state index in [0.29, 0.717) is 43.6 Å². The number of piperidine rings is 1. The van der Waals surface area contributed by atoms with Crippen molar-refractivity contribution in [3.63, 3.8) is 0 Å². The van der Waals surface area contributed by atoms with Crippen LogP contribution in [-0.2, 0) is 9.53 Å². The molecular weight excluding hydrogens is 394 g/mol. The quantitative estimate of drug-likeness (QED) is 0.743. The number of hydrogen-bond acceptors (Lipinski definition) is 6. The summed E-state index contributed by atoms with van der Waals surface area (Å²) in [7, 11) is 0. The predicted octanol–water partition coefficient (Wildman–Crippen LogP) is 4.93. The molecule has 0 unspecified atom stereocenters. The molecular formula is C20H27N3O3S2. The summed E-state index contributed by atoms with van der Waals surface area (Å²) < 4.78 is 5.27. The predicted molar refractivity (Wildman–Crippen MR) is 114 cm³/mol. The Balaban J connectivity index is 1.53. The molecule has 0 atom stereocenters. The van der Waals surface area contributed by atoms with Crippen LogP contribution in [0.5, 0.6) is 0 Å². The Morgan fingerprint density at radius 1 is 1.25 bits per heavy atom. The van der Waals surface area contributed by atoms with Crippen LogP contribution in [0.2, 0.25) is 0 Å². The molecule has 0 saturated carbocycles. The van der Waals surface area contributed by atoms with Crippen LogP contribution in [0, 0.1) is 25.7 Å². The molecule has 2 aromatic heterocycles. The van der Waals surface area contributed by atoms with E-state index in [-0.39, 0.29) is 17.9 Å². The maximum Gasteiger partial charge on any atom is 0.409 e. The first kappa shape index (κ1) is 20.8. The van der Waals surface area contributed by atoms with E-state index in [9.17, 15) is 9.59 Å². The van der Waals surface area contributed by atoms with Crippen LogP contribution in [0.1, 0.15) is 36.4 Å². The Kier molecular flexibility index (Phi) is 6.72. The molecule has 3 heterocycles. The van der Waals surface area contributed by atoms with Gasteiger partial charge < -0.3 is 15.0 Å². The number of rotatable bonds is 5. The van der Waals surface area contributed by atoms with E-state index in [0.717, 1.165) is 15.4 Å². The highest BCUT2D eigenvalue weighted by Crippen LogP contribution is 2.34. The van der Waals surface area contributed by atoms with Crippen molar-refractivity contribution in [1.29, 1.82) is 0 Å². The van der Waals surface area contributed by atoms with E-state index < -0.39 is 0 Å². The van der Waals surface area contributed by atoms with Gasteiger partial charge in [-0.05, 0) is 44.7 Å². The molecule has 2 aromatic rings. The lowest BCUT2D eigenvalue weighted by molar-refractivity contribution is -0.121. The Labute approximate surface area is 173 Å². The lowest BCUT2D eigenvalue weighted by Crippen LogP contribution is -2.42. The minimum Gasteiger partial charge on any atom is -0.449 e. The van der Waals surface area contributed by atoms with E-state index >= 15 is 0 Å². The van der Waals surface area contributed by atoms with Gasteiger partial charge in [-0.15, -0.1) is 22.7 Å². The standard InChI is InChI=1S/C20H27N3O3S2/c1-12(2)11-26-20(25)23-9-7-15(8-10-23)18(24)22-19-21-17(14(4)28-19)16-6-5-13(3)27-16/h5-6,12,15H,7-11H2,1-4H3,(H,21,22,24). The summed E-state index contributed by atoms with van der Waals surface area (Å²) >= 11 is 3.21. The number of likely N-dealkylation sites (tertiary alicyclic amines) is 1. The van der Waals surface area contributed by atoms with Crippen molar-refractivity contribution < 1.29 is 14.3 Å². The molecule has 28 heavy (non-hydrogen) atoms. The van der Waals surface area contributed by atoms with Crippen molar-refractivity contribution in [2.75, 3.05) is 25.0 Å². The minimum absolute atomic E-state index is 0.0159. The Bertz CT molecular complexity index is 836. The highest BCUT2D eigenvalue weighted by molar-refractivity contribution is 7.18. The zero-order valence-corrected chi connectivity index (χ0v) is 18.4. The zero-order chi connectivity index (χ0) is 20.3. The van der Waals surface area contributed by atoms with Gasteiger partial charge in [-0.25, -0.2) is 9.78 Å². The van der Waals surface area contributed by atoms with Gasteiger partial charge in [0.05, 0.1) is 17.2 Å². The highest BCUT2D eigenvalue weighted by Gasteiger charge is 2.28. The van der Waals surface area contributed by atoms with E-state index in [1.165, 1.54) is 16.2 Å². The third-order valence-corrected chi connectivity index (χ3v) is 6.56. The highest BCUT2D eigenvalue weighted by atomic mass is 32.1. The molecule has 0 aromatic carbocycles. The Hall–Kier alpha value is -1.93. The van der Waals surface area contributed by atoms with Crippen LogP contribution in [0.3, 0.4) is 0 Å². The number of nitrogens with zero attached hydrogens (tertiary/aromatic N) is 2. The van der Waals surface area contributed by atoms with Crippen LogP contribution in [0.4, 0.5) is 9.93 Å². The van der Waals surface area contributed by atoms with Crippen LogP contribution >= 0.6 is 22.7 Å². The molecule has 1 aliphatic heterocycles. The van der Waals surface area contributed by atoms with Crippen molar-refractivity contribution in [1.82, 2.24) is 9.88 Å². The summed E-state index contributed by atoms with van der Waals surface area (Å²) in [6.45, 7) is 9.64. The summed E-state index contributed by atoms with van der Waals surface area (Å²) in [5, 5.41) is 3.61. The maximum atomic E-state index is 12.6. The second-order valence-electron chi connectivity index (χ2n) is 7.56. The number of thiophene rings is 1. The molecule has 0 radical (unpaired) electrons. The van der Waals surface area contributed by atoms with E-state index in [2.05, 4.69) is 29.4 Å². The Morgan fingerprint density at radius 3 is 2.57 bits per heavy atom. The maximum absolute atomic E-state index is 12.6. The third-order valence-electron chi connectivity index (χ3n) is 4.66. The van der Waals surface area contributed by atoms with Crippen LogP contribution in [-0.4, -0.2) is 41.6 Å². The molecule has 0 spiro atoms. The average Bonchev–Trinajstić information content (AvgIpc) is 3.25. The second-order valence-corrected chi connectivity index (χ2v) is 10.0. The fourth-order valence-corrected chi connectivity index (χ4v) is 4.91.